The summed E-state index contributed by atoms with van der Waals surface area (Å²) in [6, 6.07) is -1.01. The molecule has 3 fully saturated rings. The monoisotopic (exact) mass is 1480 g/mol. The van der Waals surface area contributed by atoms with E-state index in [9.17, 15) is 61.0 Å². The van der Waals surface area contributed by atoms with Gasteiger partial charge in [0.15, 0.2) is 18.9 Å². The Morgan fingerprint density at radius 3 is 1.07 bits per heavy atom. The van der Waals surface area contributed by atoms with E-state index >= 15 is 0 Å². The molecule has 0 aromatic rings. The fourth-order valence-corrected chi connectivity index (χ4v) is 12.6. The highest BCUT2D eigenvalue weighted by molar-refractivity contribution is 5.76. The lowest BCUT2D eigenvalue weighted by atomic mass is 9.96. The Kier molecular flexibility index (Phi) is 58.3. The minimum absolute atomic E-state index is 0.219. The molecule has 0 saturated carbocycles. The summed E-state index contributed by atoms with van der Waals surface area (Å²) in [6.45, 7) is 1.59. The van der Waals surface area contributed by atoms with E-state index in [1.54, 1.807) is 6.08 Å². The van der Waals surface area contributed by atoms with E-state index in [0.29, 0.717) is 12.8 Å². The van der Waals surface area contributed by atoms with Gasteiger partial charge in [0.25, 0.3) is 0 Å². The van der Waals surface area contributed by atoms with Crippen LogP contribution in [-0.2, 0) is 33.2 Å². The normalized spacial score (nSPS) is 26.6. The van der Waals surface area contributed by atoms with E-state index in [4.69, 9.17) is 28.4 Å². The molecule has 17 atom stereocenters. The third-order valence-electron chi connectivity index (χ3n) is 19.1. The smallest absolute Gasteiger partial charge is 0.220 e. The van der Waals surface area contributed by atoms with Crippen molar-refractivity contribution in [1.29, 1.82) is 0 Å². The molecule has 105 heavy (non-hydrogen) atoms. The number of rotatable bonds is 62. The summed E-state index contributed by atoms with van der Waals surface area (Å²) in [5.41, 5.74) is 0. The molecule has 12 N–H and O–H groups in total. The van der Waals surface area contributed by atoms with Crippen molar-refractivity contribution in [3.8, 4) is 0 Å². The molecule has 0 aliphatic carbocycles. The van der Waals surface area contributed by atoms with Crippen molar-refractivity contribution >= 4 is 5.91 Å². The predicted octanol–water partition coefficient (Wildman–Crippen LogP) is 13.8. The highest BCUT2D eigenvalue weighted by Crippen LogP contribution is 2.33. The van der Waals surface area contributed by atoms with Gasteiger partial charge >= 0.3 is 0 Å². The highest BCUT2D eigenvalue weighted by atomic mass is 16.8. The molecule has 17 unspecified atom stereocenters. The fourth-order valence-electron chi connectivity index (χ4n) is 12.6. The highest BCUT2D eigenvalue weighted by Gasteiger charge is 2.54. The Labute approximate surface area is 632 Å². The molecule has 600 valence electrons. The van der Waals surface area contributed by atoms with Crippen molar-refractivity contribution in [2.75, 3.05) is 26.4 Å². The number of hydrogen-bond acceptors (Lipinski definition) is 18. The van der Waals surface area contributed by atoms with E-state index in [-0.39, 0.29) is 18.9 Å². The molecule has 1 amide bonds. The first-order valence-corrected chi connectivity index (χ1v) is 40.6. The zero-order valence-electron chi connectivity index (χ0n) is 64.1. The first-order valence-electron chi connectivity index (χ1n) is 40.6. The van der Waals surface area contributed by atoms with Gasteiger partial charge < -0.3 is 89.9 Å². The minimum Gasteiger partial charge on any atom is -0.394 e. The van der Waals surface area contributed by atoms with Gasteiger partial charge in [-0.05, 0) is 116 Å². The van der Waals surface area contributed by atoms with Crippen molar-refractivity contribution in [3.05, 3.63) is 146 Å². The van der Waals surface area contributed by atoms with Crippen LogP contribution in [0.15, 0.2) is 146 Å². The van der Waals surface area contributed by atoms with Crippen LogP contribution >= 0.6 is 0 Å². The SMILES string of the molecule is CC/C=C\C/C=C\C/C=C\C/C=C\C/C=C\C/C=C\C/C=C\C/C=C\C/C=C\CCCCCCCCCCCCCC(=O)NC(COC1OC(CO)C(OC2OC(CO)C(OC3OC(CO)C(O)C(O)C3O)C(O)C2O)C(O)C1O)C(O)/C=C/CC/C=C/CC/C=C/CCCCCCCCCCCCC. The van der Waals surface area contributed by atoms with Gasteiger partial charge in [-0.2, -0.15) is 0 Å². The van der Waals surface area contributed by atoms with E-state index in [2.05, 4.69) is 153 Å². The molecule has 3 aliphatic rings. The minimum atomic E-state index is -1.99. The van der Waals surface area contributed by atoms with Crippen LogP contribution in [0, 0.1) is 0 Å². The van der Waals surface area contributed by atoms with Gasteiger partial charge in [-0.1, -0.05) is 282 Å². The molecular formula is C86H143NO18. The number of allylic oxidation sites excluding steroid dienone is 23. The van der Waals surface area contributed by atoms with E-state index in [0.717, 1.165) is 116 Å². The summed E-state index contributed by atoms with van der Waals surface area (Å²) in [5, 5.41) is 121. The van der Waals surface area contributed by atoms with E-state index < -0.39 is 124 Å². The van der Waals surface area contributed by atoms with Crippen molar-refractivity contribution in [2.24, 2.45) is 0 Å². The number of aliphatic hydroxyl groups is 11. The third-order valence-corrected chi connectivity index (χ3v) is 19.1. The lowest BCUT2D eigenvalue weighted by Gasteiger charge is -2.48. The van der Waals surface area contributed by atoms with Crippen LogP contribution < -0.4 is 5.32 Å². The molecule has 0 radical (unpaired) electrons. The van der Waals surface area contributed by atoms with Gasteiger partial charge in [0, 0.05) is 6.42 Å². The van der Waals surface area contributed by atoms with Gasteiger partial charge in [0.1, 0.15) is 73.2 Å². The Balaban J connectivity index is 1.36. The Bertz CT molecular complexity index is 2470. The van der Waals surface area contributed by atoms with Crippen LogP contribution in [0.3, 0.4) is 0 Å². The molecule has 0 spiro atoms. The lowest BCUT2D eigenvalue weighted by molar-refractivity contribution is -0.379. The number of unbranched alkanes of at least 4 members (excludes halogenated alkanes) is 24. The second-order valence-electron chi connectivity index (χ2n) is 28.1. The first kappa shape index (κ1) is 94.9. The topological polar surface area (TPSA) is 307 Å². The molecule has 0 aromatic heterocycles. The van der Waals surface area contributed by atoms with Crippen LogP contribution in [0.2, 0.25) is 0 Å². The molecule has 19 heteroatoms. The van der Waals surface area contributed by atoms with Crippen LogP contribution in [0.4, 0.5) is 0 Å². The quantitative estimate of drug-likeness (QED) is 0.0199. The van der Waals surface area contributed by atoms with Gasteiger partial charge in [-0.3, -0.25) is 4.79 Å². The maximum Gasteiger partial charge on any atom is 0.220 e. The van der Waals surface area contributed by atoms with Crippen LogP contribution in [0.25, 0.3) is 0 Å². The Morgan fingerprint density at radius 1 is 0.352 bits per heavy atom. The van der Waals surface area contributed by atoms with Crippen LogP contribution in [-0.4, -0.2) is 193 Å². The average molecular weight is 1480 g/mol. The van der Waals surface area contributed by atoms with Crippen molar-refractivity contribution in [1.82, 2.24) is 5.32 Å². The summed E-state index contributed by atoms with van der Waals surface area (Å²) < 4.78 is 34.4. The molecular weight excluding hydrogens is 1330 g/mol. The number of ether oxygens (including phenoxy) is 6. The summed E-state index contributed by atoms with van der Waals surface area (Å²) in [6.07, 6.45) is 66.8. The van der Waals surface area contributed by atoms with Crippen molar-refractivity contribution < 1.29 is 89.4 Å². The zero-order chi connectivity index (χ0) is 76.0. The molecule has 19 nitrogen and oxygen atoms in total. The maximum absolute atomic E-state index is 13.5. The van der Waals surface area contributed by atoms with Crippen LogP contribution in [0.1, 0.15) is 258 Å². The molecule has 3 aliphatic heterocycles. The number of hydrogen-bond donors (Lipinski definition) is 12. The van der Waals surface area contributed by atoms with Gasteiger partial charge in [0.2, 0.25) is 5.91 Å². The molecule has 3 heterocycles. The summed E-state index contributed by atoms with van der Waals surface area (Å²) in [4.78, 5) is 13.5. The van der Waals surface area contributed by atoms with Crippen molar-refractivity contribution in [2.45, 2.75) is 362 Å². The third kappa shape index (κ3) is 44.2. The molecule has 0 bridgehead atoms. The molecule has 3 rings (SSSR count). The number of nitrogens with one attached hydrogen (secondary N) is 1. The summed E-state index contributed by atoms with van der Waals surface area (Å²) in [5.74, 6) is -0.298. The van der Waals surface area contributed by atoms with E-state index in [1.165, 1.54) is 109 Å². The average Bonchev–Trinajstić information content (AvgIpc) is 0.780. The first-order chi connectivity index (χ1) is 51.3. The second kappa shape index (κ2) is 64.5. The number of aliphatic hydroxyl groups excluding tert-OH is 11. The Morgan fingerprint density at radius 2 is 0.667 bits per heavy atom. The maximum atomic E-state index is 13.5. The number of carbonyl (C=O) groups is 1. The van der Waals surface area contributed by atoms with E-state index in [1.807, 2.05) is 6.08 Å². The number of amides is 1. The van der Waals surface area contributed by atoms with Gasteiger partial charge in [0.05, 0.1) is 38.6 Å². The second-order valence-corrected chi connectivity index (χ2v) is 28.1. The lowest BCUT2D eigenvalue weighted by Crippen LogP contribution is -2.66. The Hall–Kier alpha value is -4.33. The zero-order valence-corrected chi connectivity index (χ0v) is 64.1. The largest absolute Gasteiger partial charge is 0.394 e. The van der Waals surface area contributed by atoms with Crippen molar-refractivity contribution in [3.63, 3.8) is 0 Å². The van der Waals surface area contributed by atoms with Gasteiger partial charge in [-0.25, -0.2) is 0 Å². The fraction of sp³-hybridized carbons (Fsp3) is 0.709. The summed E-state index contributed by atoms with van der Waals surface area (Å²) in [7, 11) is 0. The molecule has 3 saturated heterocycles. The summed E-state index contributed by atoms with van der Waals surface area (Å²) >= 11 is 0. The molecule has 0 aromatic carbocycles. The standard InChI is InChI=1S/C86H143NO18/c1-3-5-7-9-11-13-15-17-19-21-23-25-26-27-28-29-30-31-32-33-34-35-36-37-38-39-40-41-42-44-46-48-50-52-54-56-58-60-62-64-74(92)87-69(70(91)63-61-59-57-55-53-51-49-47-45-43-24-22-20-18-16-14-12-10-8-6-4-2)68-100-84-80(98)77(95)82(72(66-89)102-84)105-86-81(99)78(96)83(73(67-90)103-86)104-85-79(97)76(94)75(93)71(65-88)101-85/h5,7,11,13,17,19,23,25,27-28,30-31,33-34,36-37,39-40,45,47,53,55,61,63,69-73,75-86,88-91,93-99H,3-4,6,8-10,12,14-16,18,20-22,24,26,29,32,35,38,41-44,46,48-52,54,56-60,62,64-68H2,1-2H3,(H,87,92)/b7-5-,13-11-,19-17-,25-23-,28-27-,31-30-,34-33-,37-36-,40-39-,47-45+,55-53+,63-61+. The van der Waals surface area contributed by atoms with Crippen LogP contribution in [0.5, 0.6) is 0 Å². The predicted molar refractivity (Wildman–Crippen MR) is 419 cm³/mol. The number of carbonyl (C=O) groups excluding carboxylic acids is 1. The van der Waals surface area contributed by atoms with Gasteiger partial charge in [-0.15, -0.1) is 0 Å².